The van der Waals surface area contributed by atoms with Gasteiger partial charge >= 0.3 is 0 Å². The van der Waals surface area contributed by atoms with Crippen LogP contribution in [0.2, 0.25) is 0 Å². The number of fused-ring (bicyclic) bond motifs is 10. The fourth-order valence-corrected chi connectivity index (χ4v) is 7.78. The van der Waals surface area contributed by atoms with E-state index in [0.29, 0.717) is 0 Å². The highest BCUT2D eigenvalue weighted by molar-refractivity contribution is 5.97. The average molecular weight is 581 g/mol. The number of hydrogen-bond donors (Lipinski definition) is 0. The third kappa shape index (κ3) is 4.12. The Kier molecular flexibility index (Phi) is 5.97. The fraction of sp³-hybridized carbons (Fsp3) is 0.200. The van der Waals surface area contributed by atoms with Crippen molar-refractivity contribution in [2.24, 2.45) is 0 Å². The van der Waals surface area contributed by atoms with Gasteiger partial charge in [-0.25, -0.2) is 0 Å². The van der Waals surface area contributed by atoms with E-state index in [2.05, 4.69) is 175 Å². The Balaban J connectivity index is 1.53. The van der Waals surface area contributed by atoms with Crippen LogP contribution in [0.1, 0.15) is 74.9 Å². The molecule has 2 aliphatic carbocycles. The lowest BCUT2D eigenvalue weighted by atomic mass is 9.68. The zero-order chi connectivity index (χ0) is 31.1. The highest BCUT2D eigenvalue weighted by atomic mass is 14.5. The van der Waals surface area contributed by atoms with E-state index in [1.54, 1.807) is 0 Å². The maximum Gasteiger partial charge on any atom is 0.0726 e. The van der Waals surface area contributed by atoms with E-state index in [1.807, 2.05) is 0 Å². The maximum absolute atomic E-state index is 2.54. The summed E-state index contributed by atoms with van der Waals surface area (Å²) in [5.41, 5.74) is 18.4. The van der Waals surface area contributed by atoms with Gasteiger partial charge < -0.3 is 0 Å². The Bertz CT molecular complexity index is 1940. The second kappa shape index (κ2) is 9.66. The molecule has 0 heterocycles. The molecule has 0 N–H and O–H groups in total. The summed E-state index contributed by atoms with van der Waals surface area (Å²) in [4.78, 5) is 0. The van der Waals surface area contributed by atoms with Crippen LogP contribution in [0.15, 0.2) is 133 Å². The molecule has 6 aromatic rings. The van der Waals surface area contributed by atoms with Crippen molar-refractivity contribution in [3.8, 4) is 44.5 Å². The van der Waals surface area contributed by atoms with Crippen LogP contribution in [0, 0.1) is 0 Å². The van der Waals surface area contributed by atoms with E-state index in [0.717, 1.165) is 0 Å². The molecule has 0 aliphatic heterocycles. The van der Waals surface area contributed by atoms with Crippen LogP contribution < -0.4 is 0 Å². The van der Waals surface area contributed by atoms with Gasteiger partial charge in [0.1, 0.15) is 0 Å². The van der Waals surface area contributed by atoms with Gasteiger partial charge in [0.05, 0.1) is 5.41 Å². The zero-order valence-electron chi connectivity index (χ0n) is 27.2. The van der Waals surface area contributed by atoms with E-state index >= 15 is 0 Å². The summed E-state index contributed by atoms with van der Waals surface area (Å²) in [5.74, 6) is 0. The minimum Gasteiger partial charge on any atom is -0.0622 e. The van der Waals surface area contributed by atoms with Gasteiger partial charge in [0.25, 0.3) is 0 Å². The molecule has 45 heavy (non-hydrogen) atoms. The molecule has 1 spiro atoms. The number of hydrogen-bond acceptors (Lipinski definition) is 0. The predicted molar refractivity (Wildman–Crippen MR) is 191 cm³/mol. The average Bonchev–Trinajstić information content (AvgIpc) is 3.50. The molecule has 0 unspecified atom stereocenters. The van der Waals surface area contributed by atoms with Gasteiger partial charge in [0.2, 0.25) is 0 Å². The molecule has 0 nitrogen and oxygen atoms in total. The van der Waals surface area contributed by atoms with E-state index in [9.17, 15) is 0 Å². The van der Waals surface area contributed by atoms with Gasteiger partial charge in [-0.1, -0.05) is 163 Å². The second-order valence-electron chi connectivity index (χ2n) is 15.0. The van der Waals surface area contributed by atoms with Gasteiger partial charge in [-0.15, -0.1) is 0 Å². The lowest BCUT2D eigenvalue weighted by Gasteiger charge is -2.33. The first kappa shape index (κ1) is 27.8. The quantitative estimate of drug-likeness (QED) is 0.191. The summed E-state index contributed by atoms with van der Waals surface area (Å²) >= 11 is 0. The molecule has 0 heteroatoms. The molecule has 0 saturated heterocycles. The van der Waals surface area contributed by atoms with E-state index < -0.39 is 5.41 Å². The van der Waals surface area contributed by atoms with E-state index in [4.69, 9.17) is 0 Å². The highest BCUT2D eigenvalue weighted by Gasteiger charge is 2.52. The standard InChI is InChI=1S/C45H40/c1-43(2,3)33-19-23-37-35-21-17-31(29-13-9-7-10-14-29)25-39(35)45(41(37)27-33)40-26-32(30-15-11-8-12-16-30)18-22-36(40)38-24-20-34(28-42(38)45)44(4,5)6/h7-28H,1-6H3. The lowest BCUT2D eigenvalue weighted by Crippen LogP contribution is -2.27. The fourth-order valence-electron chi connectivity index (χ4n) is 7.78. The van der Waals surface area contributed by atoms with Crippen molar-refractivity contribution in [1.29, 1.82) is 0 Å². The summed E-state index contributed by atoms with van der Waals surface area (Å²) in [6.45, 7) is 14.0. The van der Waals surface area contributed by atoms with Crippen molar-refractivity contribution in [3.05, 3.63) is 167 Å². The molecule has 0 atom stereocenters. The number of benzene rings is 6. The lowest BCUT2D eigenvalue weighted by molar-refractivity contribution is 0.586. The molecule has 0 amide bonds. The Labute approximate surface area is 268 Å². The van der Waals surface area contributed by atoms with Crippen molar-refractivity contribution in [2.75, 3.05) is 0 Å². The third-order valence-corrected chi connectivity index (χ3v) is 10.2. The molecule has 0 radical (unpaired) electrons. The Morgan fingerprint density at radius 2 is 0.667 bits per heavy atom. The van der Waals surface area contributed by atoms with Crippen molar-refractivity contribution in [3.63, 3.8) is 0 Å². The summed E-state index contributed by atoms with van der Waals surface area (Å²) in [7, 11) is 0. The number of rotatable bonds is 2. The summed E-state index contributed by atoms with van der Waals surface area (Å²) < 4.78 is 0. The Morgan fingerprint density at radius 1 is 0.333 bits per heavy atom. The normalized spacial score (nSPS) is 14.2. The molecular formula is C45H40. The SMILES string of the molecule is CC(C)(C)c1ccc2c(c1)C1(c3cc(-c4ccccc4)ccc3-2)c2cc(-c3ccccc3)ccc2-c2ccc(C(C)(C)C)cc21. The summed E-state index contributed by atoms with van der Waals surface area (Å²) in [6.07, 6.45) is 0. The van der Waals surface area contributed by atoms with Crippen molar-refractivity contribution in [1.82, 2.24) is 0 Å². The third-order valence-electron chi connectivity index (χ3n) is 10.2. The molecule has 8 rings (SSSR count). The minimum absolute atomic E-state index is 0.0314. The maximum atomic E-state index is 2.54. The topological polar surface area (TPSA) is 0 Å². The van der Waals surface area contributed by atoms with E-state index in [1.165, 1.54) is 77.9 Å². The van der Waals surface area contributed by atoms with Crippen LogP contribution in [-0.4, -0.2) is 0 Å². The van der Waals surface area contributed by atoms with Gasteiger partial charge in [-0.2, -0.15) is 0 Å². The zero-order valence-corrected chi connectivity index (χ0v) is 27.2. The van der Waals surface area contributed by atoms with Crippen LogP contribution in [0.25, 0.3) is 44.5 Å². The van der Waals surface area contributed by atoms with Gasteiger partial charge in [-0.3, -0.25) is 0 Å². The van der Waals surface area contributed by atoms with Crippen molar-refractivity contribution < 1.29 is 0 Å². The van der Waals surface area contributed by atoms with Crippen LogP contribution in [0.3, 0.4) is 0 Å². The van der Waals surface area contributed by atoms with Crippen LogP contribution in [0.5, 0.6) is 0 Å². The molecule has 0 fully saturated rings. The molecule has 220 valence electrons. The van der Waals surface area contributed by atoms with Crippen molar-refractivity contribution >= 4 is 0 Å². The molecule has 0 bridgehead atoms. The first-order valence-electron chi connectivity index (χ1n) is 16.3. The monoisotopic (exact) mass is 580 g/mol. The summed E-state index contributed by atoms with van der Waals surface area (Å²) in [6, 6.07) is 50.7. The summed E-state index contributed by atoms with van der Waals surface area (Å²) in [5, 5.41) is 0. The van der Waals surface area contributed by atoms with Gasteiger partial charge in [0, 0.05) is 0 Å². The molecule has 0 aromatic heterocycles. The highest BCUT2D eigenvalue weighted by Crippen LogP contribution is 2.64. The van der Waals surface area contributed by atoms with Gasteiger partial charge in [-0.05, 0) is 101 Å². The molecular weight excluding hydrogens is 540 g/mol. The minimum atomic E-state index is -0.423. The van der Waals surface area contributed by atoms with Crippen LogP contribution >= 0.6 is 0 Å². The first-order valence-corrected chi connectivity index (χ1v) is 16.3. The molecule has 6 aromatic carbocycles. The molecule has 0 saturated carbocycles. The first-order chi connectivity index (χ1) is 21.6. The largest absolute Gasteiger partial charge is 0.0726 e. The Hall–Kier alpha value is -4.68. The predicted octanol–water partition coefficient (Wildman–Crippen LogP) is 12.0. The molecule has 2 aliphatic rings. The second-order valence-corrected chi connectivity index (χ2v) is 15.0. The van der Waals surface area contributed by atoms with Crippen LogP contribution in [-0.2, 0) is 16.2 Å². The van der Waals surface area contributed by atoms with Crippen LogP contribution in [0.4, 0.5) is 0 Å². The van der Waals surface area contributed by atoms with Gasteiger partial charge in [0.15, 0.2) is 0 Å². The van der Waals surface area contributed by atoms with Crippen molar-refractivity contribution in [2.45, 2.75) is 57.8 Å². The Morgan fingerprint density at radius 3 is 1.02 bits per heavy atom. The smallest absolute Gasteiger partial charge is 0.0622 e. The van der Waals surface area contributed by atoms with E-state index in [-0.39, 0.29) is 10.8 Å².